The first-order chi connectivity index (χ1) is 15.9. The van der Waals surface area contributed by atoms with E-state index in [0.717, 1.165) is 24.6 Å². The molecule has 5 rings (SSSR count). The lowest BCUT2D eigenvalue weighted by atomic mass is 10.1. The van der Waals surface area contributed by atoms with Gasteiger partial charge in [-0.05, 0) is 38.0 Å². The number of carbonyl (C=O) groups is 1. The van der Waals surface area contributed by atoms with Gasteiger partial charge in [-0.2, -0.15) is 0 Å². The van der Waals surface area contributed by atoms with Crippen molar-refractivity contribution < 1.29 is 13.6 Å². The fraction of sp³-hybridized carbons (Fsp3) is 0.391. The molecular formula is C23H24F2N6O2. The van der Waals surface area contributed by atoms with Gasteiger partial charge in [0.25, 0.3) is 11.5 Å². The summed E-state index contributed by atoms with van der Waals surface area (Å²) < 4.78 is 29.5. The van der Waals surface area contributed by atoms with Crippen LogP contribution in [0.5, 0.6) is 0 Å². The van der Waals surface area contributed by atoms with E-state index in [1.807, 2.05) is 11.0 Å². The van der Waals surface area contributed by atoms with Crippen molar-refractivity contribution in [2.75, 3.05) is 31.1 Å². The van der Waals surface area contributed by atoms with Crippen molar-refractivity contribution in [3.63, 3.8) is 0 Å². The molecule has 1 aromatic carbocycles. The van der Waals surface area contributed by atoms with Crippen LogP contribution in [0.15, 0.2) is 29.2 Å². The van der Waals surface area contributed by atoms with Gasteiger partial charge in [0.1, 0.15) is 22.4 Å². The van der Waals surface area contributed by atoms with Gasteiger partial charge in [0, 0.05) is 44.3 Å². The molecule has 3 heterocycles. The third kappa shape index (κ3) is 4.43. The largest absolute Gasteiger partial charge is 0.368 e. The summed E-state index contributed by atoms with van der Waals surface area (Å²) in [6, 6.07) is 5.05. The first-order valence-corrected chi connectivity index (χ1v) is 11.0. The number of amides is 1. The Bertz CT molecular complexity index is 1260. The van der Waals surface area contributed by atoms with Crippen LogP contribution in [0.3, 0.4) is 0 Å². The summed E-state index contributed by atoms with van der Waals surface area (Å²) >= 11 is 0. The van der Waals surface area contributed by atoms with E-state index >= 15 is 0 Å². The van der Waals surface area contributed by atoms with Gasteiger partial charge >= 0.3 is 0 Å². The highest BCUT2D eigenvalue weighted by atomic mass is 19.1. The highest BCUT2D eigenvalue weighted by molar-refractivity contribution is 5.92. The third-order valence-electron chi connectivity index (χ3n) is 6.14. The van der Waals surface area contributed by atoms with E-state index in [0.29, 0.717) is 31.9 Å². The molecule has 1 amide bonds. The lowest BCUT2D eigenvalue weighted by molar-refractivity contribution is 0.0946. The maximum Gasteiger partial charge on any atom is 0.270 e. The van der Waals surface area contributed by atoms with Gasteiger partial charge in [0.05, 0.1) is 11.9 Å². The number of hydrogen-bond donors (Lipinski definition) is 2. The SMILES string of the molecule is Cc1nc2c(F)cc(CN3CCN(c4ccc(C(=O)NC5CC5)nc4)CC3)c(F)c2[nH]c1=O. The molecular weight excluding hydrogens is 430 g/mol. The van der Waals surface area contributed by atoms with Crippen molar-refractivity contribution in [3.05, 3.63) is 63.3 Å². The van der Waals surface area contributed by atoms with Crippen LogP contribution in [0.2, 0.25) is 0 Å². The van der Waals surface area contributed by atoms with Gasteiger partial charge in [0.15, 0.2) is 11.6 Å². The molecule has 8 nitrogen and oxygen atoms in total. The molecule has 0 radical (unpaired) electrons. The van der Waals surface area contributed by atoms with Crippen LogP contribution < -0.4 is 15.8 Å². The minimum absolute atomic E-state index is 0.0933. The summed E-state index contributed by atoms with van der Waals surface area (Å²) in [7, 11) is 0. The number of piperazine rings is 1. The second-order valence-corrected chi connectivity index (χ2v) is 8.62. The normalized spacial score (nSPS) is 16.9. The summed E-state index contributed by atoms with van der Waals surface area (Å²) in [6.45, 7) is 4.34. The lowest BCUT2D eigenvalue weighted by Gasteiger charge is -2.36. The third-order valence-corrected chi connectivity index (χ3v) is 6.14. The average molecular weight is 454 g/mol. The van der Waals surface area contributed by atoms with Gasteiger partial charge in [0.2, 0.25) is 0 Å². The van der Waals surface area contributed by atoms with Crippen molar-refractivity contribution in [1.82, 2.24) is 25.2 Å². The van der Waals surface area contributed by atoms with E-state index in [1.165, 1.54) is 6.92 Å². The number of rotatable bonds is 5. The smallest absolute Gasteiger partial charge is 0.270 e. The number of H-pyrrole nitrogens is 1. The van der Waals surface area contributed by atoms with Crippen LogP contribution in [0.25, 0.3) is 11.0 Å². The number of aromatic amines is 1. The highest BCUT2D eigenvalue weighted by Crippen LogP contribution is 2.23. The Morgan fingerprint density at radius 1 is 1.21 bits per heavy atom. The number of nitrogens with one attached hydrogen (secondary N) is 2. The Morgan fingerprint density at radius 3 is 2.64 bits per heavy atom. The number of benzene rings is 1. The molecule has 2 N–H and O–H groups in total. The quantitative estimate of drug-likeness (QED) is 0.614. The fourth-order valence-corrected chi connectivity index (χ4v) is 4.03. The van der Waals surface area contributed by atoms with Gasteiger partial charge in [-0.1, -0.05) is 0 Å². The fourth-order valence-electron chi connectivity index (χ4n) is 4.03. The van der Waals surface area contributed by atoms with Crippen molar-refractivity contribution in [2.24, 2.45) is 0 Å². The Morgan fingerprint density at radius 2 is 1.97 bits per heavy atom. The molecule has 2 aliphatic rings. The summed E-state index contributed by atoms with van der Waals surface area (Å²) in [5.74, 6) is -1.45. The molecule has 3 aromatic rings. The first-order valence-electron chi connectivity index (χ1n) is 11.0. The van der Waals surface area contributed by atoms with Crippen molar-refractivity contribution in [1.29, 1.82) is 0 Å². The van der Waals surface area contributed by atoms with Crippen molar-refractivity contribution in [2.45, 2.75) is 32.4 Å². The maximum absolute atomic E-state index is 15.0. The number of anilines is 1. The maximum atomic E-state index is 15.0. The summed E-state index contributed by atoms with van der Waals surface area (Å²) in [6.07, 6.45) is 3.75. The summed E-state index contributed by atoms with van der Waals surface area (Å²) in [5.41, 5.74) is 0.700. The topological polar surface area (TPSA) is 94.2 Å². The molecule has 0 unspecified atom stereocenters. The van der Waals surface area contributed by atoms with Crippen LogP contribution in [0.1, 0.15) is 34.6 Å². The minimum Gasteiger partial charge on any atom is -0.368 e. The number of aromatic nitrogens is 3. The molecule has 1 saturated heterocycles. The second kappa shape index (κ2) is 8.51. The number of nitrogens with zero attached hydrogens (tertiary/aromatic N) is 4. The van der Waals surface area contributed by atoms with E-state index in [4.69, 9.17) is 0 Å². The van der Waals surface area contributed by atoms with Gasteiger partial charge < -0.3 is 15.2 Å². The molecule has 0 bridgehead atoms. The van der Waals surface area contributed by atoms with Crippen LogP contribution in [-0.2, 0) is 6.54 Å². The standard InChI is InChI=1S/C23H24F2N6O2/c1-13-22(32)29-21-19(25)14(10-17(24)20(21)27-13)12-30-6-8-31(9-7-30)16-4-5-18(26-11-16)23(33)28-15-2-3-15/h4-5,10-11,15H,2-3,6-9,12H2,1H3,(H,28,33)(H,29,32). The number of aryl methyl sites for hydroxylation is 1. The number of pyridine rings is 1. The second-order valence-electron chi connectivity index (χ2n) is 8.62. The number of fused-ring (bicyclic) bond motifs is 1. The van der Waals surface area contributed by atoms with E-state index in [2.05, 4.69) is 25.2 Å². The van der Waals surface area contributed by atoms with E-state index in [1.54, 1.807) is 12.3 Å². The Balaban J connectivity index is 1.24. The van der Waals surface area contributed by atoms with Crippen LogP contribution in [-0.4, -0.2) is 58.0 Å². The molecule has 1 aliphatic carbocycles. The zero-order valence-corrected chi connectivity index (χ0v) is 18.2. The number of halogens is 2. The van der Waals surface area contributed by atoms with Crippen molar-refractivity contribution in [3.8, 4) is 0 Å². The zero-order valence-electron chi connectivity index (χ0n) is 18.2. The molecule has 1 saturated carbocycles. The average Bonchev–Trinajstić information content (AvgIpc) is 3.63. The van der Waals surface area contributed by atoms with Gasteiger partial charge in [-0.3, -0.25) is 14.5 Å². The minimum atomic E-state index is -0.656. The Labute approximate surface area is 188 Å². The van der Waals surface area contributed by atoms with E-state index < -0.39 is 17.2 Å². The van der Waals surface area contributed by atoms with Gasteiger partial charge in [-0.25, -0.2) is 18.7 Å². The number of carbonyl (C=O) groups excluding carboxylic acids is 1. The zero-order chi connectivity index (χ0) is 23.1. The summed E-state index contributed by atoms with van der Waals surface area (Å²) in [5, 5.41) is 2.92. The Hall–Kier alpha value is -3.40. The summed E-state index contributed by atoms with van der Waals surface area (Å²) in [4.78, 5) is 38.7. The predicted octanol–water partition coefficient (Wildman–Crippen LogP) is 2.12. The van der Waals surface area contributed by atoms with E-state index in [9.17, 15) is 18.4 Å². The van der Waals surface area contributed by atoms with Crippen LogP contribution in [0, 0.1) is 18.6 Å². The monoisotopic (exact) mass is 454 g/mol. The molecule has 2 fully saturated rings. The van der Waals surface area contributed by atoms with Crippen molar-refractivity contribution >= 4 is 22.6 Å². The molecule has 10 heteroatoms. The molecule has 1 aliphatic heterocycles. The highest BCUT2D eigenvalue weighted by Gasteiger charge is 2.25. The van der Waals surface area contributed by atoms with E-state index in [-0.39, 0.29) is 40.8 Å². The molecule has 172 valence electrons. The molecule has 2 aromatic heterocycles. The predicted molar refractivity (Wildman–Crippen MR) is 119 cm³/mol. The van der Waals surface area contributed by atoms with Gasteiger partial charge in [-0.15, -0.1) is 0 Å². The van der Waals surface area contributed by atoms with Crippen LogP contribution >= 0.6 is 0 Å². The van der Waals surface area contributed by atoms with Crippen LogP contribution in [0.4, 0.5) is 14.5 Å². The number of hydrogen-bond acceptors (Lipinski definition) is 6. The molecule has 0 atom stereocenters. The molecule has 0 spiro atoms. The lowest BCUT2D eigenvalue weighted by Crippen LogP contribution is -2.46. The Kier molecular flexibility index (Phi) is 5.53. The first kappa shape index (κ1) is 21.4. The molecule has 33 heavy (non-hydrogen) atoms.